The van der Waals surface area contributed by atoms with Crippen LogP contribution in [0.3, 0.4) is 0 Å². The Labute approximate surface area is 137 Å². The molecule has 0 saturated carbocycles. The fraction of sp³-hybridized carbons (Fsp3) is 0.556. The molecule has 1 aliphatic rings. The molecule has 0 unspecified atom stereocenters. The highest BCUT2D eigenvalue weighted by atomic mass is 16.4. The lowest BCUT2D eigenvalue weighted by molar-refractivity contribution is 0.0824. The molecule has 1 N–H and O–H groups in total. The molecule has 0 radical (unpaired) electrons. The third kappa shape index (κ3) is 4.39. The Morgan fingerprint density at radius 2 is 2.22 bits per heavy atom. The predicted octanol–water partition coefficient (Wildman–Crippen LogP) is 3.25. The van der Waals surface area contributed by atoms with Crippen LogP contribution < -0.4 is 0 Å². The number of aliphatic hydroxyl groups excluding tert-OH is 1. The molecule has 0 aromatic carbocycles. The van der Waals surface area contributed by atoms with E-state index in [1.165, 1.54) is 19.3 Å². The van der Waals surface area contributed by atoms with Crippen LogP contribution in [-0.2, 0) is 6.54 Å². The van der Waals surface area contributed by atoms with E-state index in [1.807, 2.05) is 31.5 Å². The third-order valence-corrected chi connectivity index (χ3v) is 4.57. The summed E-state index contributed by atoms with van der Waals surface area (Å²) in [7, 11) is 0. The number of aromatic nitrogens is 2. The lowest BCUT2D eigenvalue weighted by Crippen LogP contribution is -2.35. The topological polar surface area (TPSA) is 62.4 Å². The van der Waals surface area contributed by atoms with Crippen LogP contribution in [0.5, 0.6) is 0 Å². The summed E-state index contributed by atoms with van der Waals surface area (Å²) in [5.74, 6) is 0.657. The molecule has 1 aliphatic heterocycles. The summed E-state index contributed by atoms with van der Waals surface area (Å²) in [6.07, 6.45) is 10.2. The zero-order chi connectivity index (χ0) is 16.1. The first-order chi connectivity index (χ1) is 11.2. The van der Waals surface area contributed by atoms with E-state index < -0.39 is 6.10 Å². The minimum Gasteiger partial charge on any atom is -0.467 e. The number of rotatable bonds is 5. The zero-order valence-corrected chi connectivity index (χ0v) is 13.7. The minimum atomic E-state index is -0.542. The predicted molar refractivity (Wildman–Crippen MR) is 87.7 cm³/mol. The molecule has 0 spiro atoms. The first-order valence-electron chi connectivity index (χ1n) is 8.45. The lowest BCUT2D eigenvalue weighted by Gasteiger charge is -2.30. The highest BCUT2D eigenvalue weighted by Crippen LogP contribution is 2.27. The number of aryl methyl sites for hydroxylation is 1. The van der Waals surface area contributed by atoms with Crippen LogP contribution in [0.4, 0.5) is 0 Å². The Kier molecular flexibility index (Phi) is 5.41. The molecule has 5 nitrogen and oxygen atoms in total. The van der Waals surface area contributed by atoms with Gasteiger partial charge in [-0.2, -0.15) is 0 Å². The maximum atomic E-state index is 10.4. The summed E-state index contributed by atoms with van der Waals surface area (Å²) >= 11 is 0. The Balaban J connectivity index is 1.68. The minimum absolute atomic E-state index is 0.348. The van der Waals surface area contributed by atoms with E-state index in [-0.39, 0.29) is 0 Å². The number of nitrogens with zero attached hydrogens (tertiary/aromatic N) is 3. The van der Waals surface area contributed by atoms with Crippen molar-refractivity contribution < 1.29 is 9.52 Å². The van der Waals surface area contributed by atoms with Crippen LogP contribution in [0.1, 0.15) is 55.4 Å². The molecule has 0 aliphatic carbocycles. The monoisotopic (exact) mass is 315 g/mol. The largest absolute Gasteiger partial charge is 0.467 e. The summed E-state index contributed by atoms with van der Waals surface area (Å²) in [5, 5.41) is 10.4. The van der Waals surface area contributed by atoms with Gasteiger partial charge in [0, 0.05) is 25.0 Å². The van der Waals surface area contributed by atoms with Crippen molar-refractivity contribution in [2.75, 3.05) is 6.54 Å². The maximum absolute atomic E-state index is 10.4. The Bertz CT molecular complexity index is 583. The first kappa shape index (κ1) is 16.1. The Morgan fingerprint density at radius 1 is 1.30 bits per heavy atom. The van der Waals surface area contributed by atoms with Crippen LogP contribution in [0.15, 0.2) is 35.2 Å². The summed E-state index contributed by atoms with van der Waals surface area (Å²) < 4.78 is 5.34. The van der Waals surface area contributed by atoms with Gasteiger partial charge in [0.1, 0.15) is 11.9 Å². The fourth-order valence-corrected chi connectivity index (χ4v) is 3.28. The van der Waals surface area contributed by atoms with Gasteiger partial charge in [0.2, 0.25) is 0 Å². The standard InChI is InChI=1S/C18H25N3O2/c1-14-11-20-15(12-19-14)13-21-8-4-2-3-6-16(21)10-17(22)18-7-5-9-23-18/h5,7,9,11-12,16-17,22H,2-4,6,8,10,13H2,1H3/t16-,17+/m0/s1. The van der Waals surface area contributed by atoms with Gasteiger partial charge in [-0.1, -0.05) is 12.8 Å². The van der Waals surface area contributed by atoms with Gasteiger partial charge in [-0.25, -0.2) is 0 Å². The molecule has 2 atom stereocenters. The third-order valence-electron chi connectivity index (χ3n) is 4.57. The summed E-state index contributed by atoms with van der Waals surface area (Å²) in [6, 6.07) is 4.02. The van der Waals surface area contributed by atoms with Crippen molar-refractivity contribution in [3.8, 4) is 0 Å². The van der Waals surface area contributed by atoms with Crippen molar-refractivity contribution in [2.24, 2.45) is 0 Å². The van der Waals surface area contributed by atoms with E-state index in [1.54, 1.807) is 6.26 Å². The number of likely N-dealkylation sites (tertiary alicyclic amines) is 1. The molecule has 1 fully saturated rings. The first-order valence-corrected chi connectivity index (χ1v) is 8.45. The van der Waals surface area contributed by atoms with Gasteiger partial charge in [0.15, 0.2) is 0 Å². The normalized spacial score (nSPS) is 21.0. The molecule has 3 heterocycles. The van der Waals surface area contributed by atoms with Gasteiger partial charge >= 0.3 is 0 Å². The Morgan fingerprint density at radius 3 is 2.96 bits per heavy atom. The molecule has 2 aromatic heterocycles. The van der Waals surface area contributed by atoms with Gasteiger partial charge in [0.25, 0.3) is 0 Å². The van der Waals surface area contributed by atoms with Crippen molar-refractivity contribution in [1.82, 2.24) is 14.9 Å². The van der Waals surface area contributed by atoms with E-state index in [2.05, 4.69) is 14.9 Å². The van der Waals surface area contributed by atoms with Crippen molar-refractivity contribution in [3.05, 3.63) is 47.9 Å². The average molecular weight is 315 g/mol. The number of aliphatic hydroxyl groups is 1. The lowest BCUT2D eigenvalue weighted by atomic mass is 10.0. The van der Waals surface area contributed by atoms with Crippen LogP contribution in [0.25, 0.3) is 0 Å². The van der Waals surface area contributed by atoms with Crippen molar-refractivity contribution >= 4 is 0 Å². The average Bonchev–Trinajstić information content (AvgIpc) is 3.01. The van der Waals surface area contributed by atoms with Crippen molar-refractivity contribution in [1.29, 1.82) is 0 Å². The van der Waals surface area contributed by atoms with Gasteiger partial charge in [-0.15, -0.1) is 0 Å². The highest BCUT2D eigenvalue weighted by molar-refractivity contribution is 5.04. The van der Waals surface area contributed by atoms with E-state index in [4.69, 9.17) is 4.42 Å². The summed E-state index contributed by atoms with van der Waals surface area (Å²) in [6.45, 7) is 3.79. The van der Waals surface area contributed by atoms with Crippen LogP contribution in [0, 0.1) is 6.92 Å². The summed E-state index contributed by atoms with van der Waals surface area (Å²) in [5.41, 5.74) is 1.93. The molecular formula is C18H25N3O2. The zero-order valence-electron chi connectivity index (χ0n) is 13.7. The second-order valence-electron chi connectivity index (χ2n) is 6.39. The smallest absolute Gasteiger partial charge is 0.132 e. The molecule has 124 valence electrons. The van der Waals surface area contributed by atoms with Gasteiger partial charge in [0.05, 0.1) is 17.7 Å². The van der Waals surface area contributed by atoms with Crippen molar-refractivity contribution in [2.45, 2.75) is 57.7 Å². The SMILES string of the molecule is Cc1cnc(CN2CCCCC[C@H]2C[C@@H](O)c2ccco2)cn1. The molecular weight excluding hydrogens is 290 g/mol. The van der Waals surface area contributed by atoms with E-state index in [0.717, 1.165) is 30.9 Å². The van der Waals surface area contributed by atoms with E-state index >= 15 is 0 Å². The number of furan rings is 1. The van der Waals surface area contributed by atoms with Crippen LogP contribution in [-0.4, -0.2) is 32.6 Å². The Hall–Kier alpha value is -1.72. The number of hydrogen-bond acceptors (Lipinski definition) is 5. The number of hydrogen-bond donors (Lipinski definition) is 1. The van der Waals surface area contributed by atoms with Crippen molar-refractivity contribution in [3.63, 3.8) is 0 Å². The van der Waals surface area contributed by atoms with Crippen LogP contribution >= 0.6 is 0 Å². The van der Waals surface area contributed by atoms with Gasteiger partial charge < -0.3 is 9.52 Å². The quantitative estimate of drug-likeness (QED) is 0.917. The molecule has 1 saturated heterocycles. The molecule has 3 rings (SSSR count). The maximum Gasteiger partial charge on any atom is 0.132 e. The summed E-state index contributed by atoms with van der Waals surface area (Å²) in [4.78, 5) is 11.3. The molecule has 0 bridgehead atoms. The van der Waals surface area contributed by atoms with Gasteiger partial charge in [-0.05, 0) is 44.9 Å². The molecule has 5 heteroatoms. The van der Waals surface area contributed by atoms with E-state index in [0.29, 0.717) is 18.2 Å². The molecule has 23 heavy (non-hydrogen) atoms. The second kappa shape index (κ2) is 7.70. The molecule has 2 aromatic rings. The van der Waals surface area contributed by atoms with E-state index in [9.17, 15) is 5.11 Å². The fourth-order valence-electron chi connectivity index (χ4n) is 3.28. The van der Waals surface area contributed by atoms with Crippen LogP contribution in [0.2, 0.25) is 0 Å². The highest BCUT2D eigenvalue weighted by Gasteiger charge is 2.25. The second-order valence-corrected chi connectivity index (χ2v) is 6.39. The van der Waals surface area contributed by atoms with Gasteiger partial charge in [-0.3, -0.25) is 14.9 Å². The molecule has 0 amide bonds.